The molecule has 0 radical (unpaired) electrons. The predicted molar refractivity (Wildman–Crippen MR) is 151 cm³/mol. The van der Waals surface area contributed by atoms with Crippen LogP contribution in [0.4, 0.5) is 0 Å². The second kappa shape index (κ2) is 15.9. The monoisotopic (exact) mass is 499 g/mol. The minimum atomic E-state index is -0.956. The first kappa shape index (κ1) is 29.3. The SMILES string of the molecule is CCCCCC.O.O=C(O)/C=C/c1cccc(CCc2nc(-c3ccccc3)c(-c3ccccc3)o2)c1. The lowest BCUT2D eigenvalue weighted by Gasteiger charge is -2.01. The van der Waals surface area contributed by atoms with E-state index in [-0.39, 0.29) is 5.48 Å². The summed E-state index contributed by atoms with van der Waals surface area (Å²) in [4.78, 5) is 15.5. The number of benzene rings is 3. The Labute approximate surface area is 219 Å². The fourth-order valence-electron chi connectivity index (χ4n) is 3.82. The van der Waals surface area contributed by atoms with Gasteiger partial charge in [0.15, 0.2) is 11.7 Å². The number of oxazole rings is 1. The predicted octanol–water partition coefficient (Wildman–Crippen LogP) is 7.65. The highest BCUT2D eigenvalue weighted by atomic mass is 16.4. The Bertz CT molecular complexity index is 1170. The van der Waals surface area contributed by atoms with E-state index in [1.807, 2.05) is 84.9 Å². The number of nitrogens with zero attached hydrogens (tertiary/aromatic N) is 1. The van der Waals surface area contributed by atoms with Crippen LogP contribution in [0.2, 0.25) is 0 Å². The standard InChI is InChI=1S/C26H21NO3.C6H14.H2O/c28-24(29)17-15-20-9-7-8-19(18-20)14-16-23-27-25(21-10-3-1-4-11-21)26(30-23)22-12-5-2-6-13-22;1-3-5-6-4-2;/h1-13,15,17-18H,14,16H2,(H,28,29);3-6H2,1-2H3;1H2/b17-15+;;. The number of carboxylic acids is 1. The third-order valence-electron chi connectivity index (χ3n) is 5.71. The van der Waals surface area contributed by atoms with Crippen LogP contribution in [0, 0.1) is 0 Å². The number of hydrogen-bond acceptors (Lipinski definition) is 3. The summed E-state index contributed by atoms with van der Waals surface area (Å²) in [5.74, 6) is 0.496. The van der Waals surface area contributed by atoms with E-state index in [4.69, 9.17) is 14.5 Å². The summed E-state index contributed by atoms with van der Waals surface area (Å²) < 4.78 is 6.18. The Morgan fingerprint density at radius 2 is 1.46 bits per heavy atom. The van der Waals surface area contributed by atoms with E-state index in [1.54, 1.807) is 6.08 Å². The molecule has 0 spiro atoms. The first-order valence-electron chi connectivity index (χ1n) is 12.7. The first-order valence-corrected chi connectivity index (χ1v) is 12.7. The van der Waals surface area contributed by atoms with Crippen molar-refractivity contribution in [2.75, 3.05) is 0 Å². The number of hydrogen-bond donors (Lipinski definition) is 1. The zero-order chi connectivity index (χ0) is 25.6. The highest BCUT2D eigenvalue weighted by Gasteiger charge is 2.16. The van der Waals surface area contributed by atoms with Crippen molar-refractivity contribution in [3.63, 3.8) is 0 Å². The molecule has 5 nitrogen and oxygen atoms in total. The lowest BCUT2D eigenvalue weighted by molar-refractivity contribution is -0.131. The number of aromatic nitrogens is 1. The van der Waals surface area contributed by atoms with Gasteiger partial charge < -0.3 is 15.0 Å². The smallest absolute Gasteiger partial charge is 0.328 e. The van der Waals surface area contributed by atoms with Crippen LogP contribution in [-0.2, 0) is 17.6 Å². The number of carboxylic acid groups (broad SMARTS) is 1. The van der Waals surface area contributed by atoms with Crippen molar-refractivity contribution in [1.82, 2.24) is 4.98 Å². The molecule has 0 amide bonds. The molecule has 5 heteroatoms. The molecule has 1 heterocycles. The second-order valence-electron chi connectivity index (χ2n) is 8.64. The lowest BCUT2D eigenvalue weighted by atomic mass is 10.1. The fraction of sp³-hybridized carbons (Fsp3) is 0.250. The summed E-state index contributed by atoms with van der Waals surface area (Å²) in [5.41, 5.74) is 4.82. The molecule has 0 aliphatic carbocycles. The summed E-state index contributed by atoms with van der Waals surface area (Å²) in [6.07, 6.45) is 9.68. The van der Waals surface area contributed by atoms with Crippen LogP contribution in [0.1, 0.15) is 56.5 Å². The largest absolute Gasteiger partial charge is 0.478 e. The third-order valence-corrected chi connectivity index (χ3v) is 5.71. The number of unbranched alkanes of at least 4 members (excludes halogenated alkanes) is 3. The maximum atomic E-state index is 10.7. The Morgan fingerprint density at radius 1 is 0.838 bits per heavy atom. The molecule has 0 aliphatic heterocycles. The zero-order valence-corrected chi connectivity index (χ0v) is 21.7. The van der Waals surface area contributed by atoms with Crippen molar-refractivity contribution < 1.29 is 19.8 Å². The Balaban J connectivity index is 0.000000618. The van der Waals surface area contributed by atoms with Crippen LogP contribution in [0.3, 0.4) is 0 Å². The molecule has 0 unspecified atom stereocenters. The maximum Gasteiger partial charge on any atom is 0.328 e. The van der Waals surface area contributed by atoms with Crippen molar-refractivity contribution in [3.8, 4) is 22.6 Å². The van der Waals surface area contributed by atoms with Crippen molar-refractivity contribution >= 4 is 12.0 Å². The number of aliphatic carboxylic acids is 1. The van der Waals surface area contributed by atoms with Crippen molar-refractivity contribution in [3.05, 3.63) is 108 Å². The fourth-order valence-corrected chi connectivity index (χ4v) is 3.82. The molecule has 0 saturated heterocycles. The molecule has 0 atom stereocenters. The summed E-state index contributed by atoms with van der Waals surface area (Å²) in [6.45, 7) is 4.46. The zero-order valence-electron chi connectivity index (χ0n) is 21.7. The molecule has 0 bridgehead atoms. The van der Waals surface area contributed by atoms with Gasteiger partial charge in [-0.1, -0.05) is 124 Å². The van der Waals surface area contributed by atoms with Gasteiger partial charge in [-0.2, -0.15) is 0 Å². The van der Waals surface area contributed by atoms with Crippen LogP contribution < -0.4 is 0 Å². The van der Waals surface area contributed by atoms with E-state index in [1.165, 1.54) is 25.7 Å². The normalized spacial score (nSPS) is 10.4. The maximum absolute atomic E-state index is 10.7. The highest BCUT2D eigenvalue weighted by Crippen LogP contribution is 2.32. The minimum absolute atomic E-state index is 0. The van der Waals surface area contributed by atoms with Gasteiger partial charge in [-0.05, 0) is 23.6 Å². The molecule has 4 aromatic rings. The molecule has 4 rings (SSSR count). The lowest BCUT2D eigenvalue weighted by Crippen LogP contribution is -1.92. The van der Waals surface area contributed by atoms with E-state index in [2.05, 4.69) is 13.8 Å². The molecule has 1 aromatic heterocycles. The van der Waals surface area contributed by atoms with Gasteiger partial charge in [-0.15, -0.1) is 0 Å². The topological polar surface area (TPSA) is 94.8 Å². The van der Waals surface area contributed by atoms with Gasteiger partial charge >= 0.3 is 5.97 Å². The van der Waals surface area contributed by atoms with E-state index < -0.39 is 5.97 Å². The molecule has 0 saturated carbocycles. The highest BCUT2D eigenvalue weighted by molar-refractivity contribution is 5.85. The van der Waals surface area contributed by atoms with Gasteiger partial charge in [0.05, 0.1) is 0 Å². The molecule has 194 valence electrons. The summed E-state index contributed by atoms with van der Waals surface area (Å²) in [5, 5.41) is 8.80. The molecular formula is C32H37NO4. The summed E-state index contributed by atoms with van der Waals surface area (Å²) in [7, 11) is 0. The molecule has 3 aromatic carbocycles. The molecule has 3 N–H and O–H groups in total. The average molecular weight is 500 g/mol. The second-order valence-corrected chi connectivity index (χ2v) is 8.64. The third kappa shape index (κ3) is 9.54. The van der Waals surface area contributed by atoms with E-state index in [0.29, 0.717) is 12.3 Å². The minimum Gasteiger partial charge on any atom is -0.478 e. The van der Waals surface area contributed by atoms with E-state index >= 15 is 0 Å². The van der Waals surface area contributed by atoms with E-state index in [0.717, 1.165) is 46.2 Å². The van der Waals surface area contributed by atoms with E-state index in [9.17, 15) is 4.79 Å². The van der Waals surface area contributed by atoms with Crippen LogP contribution in [0.25, 0.3) is 28.7 Å². The quantitative estimate of drug-likeness (QED) is 0.179. The molecule has 0 aliphatic rings. The van der Waals surface area contributed by atoms with Crippen LogP contribution in [0.15, 0.2) is 95.4 Å². The van der Waals surface area contributed by atoms with Gasteiger partial charge in [-0.3, -0.25) is 0 Å². The van der Waals surface area contributed by atoms with Crippen LogP contribution >= 0.6 is 0 Å². The molecule has 0 fully saturated rings. The Hall–Kier alpha value is -3.96. The van der Waals surface area contributed by atoms with Crippen LogP contribution in [-0.4, -0.2) is 21.5 Å². The van der Waals surface area contributed by atoms with Crippen molar-refractivity contribution in [1.29, 1.82) is 0 Å². The number of carbonyl (C=O) groups is 1. The van der Waals surface area contributed by atoms with Gasteiger partial charge in [0.1, 0.15) is 5.69 Å². The molecular weight excluding hydrogens is 462 g/mol. The number of rotatable bonds is 10. The Kier molecular flexibility index (Phi) is 12.6. The number of aryl methyl sites for hydroxylation is 2. The van der Waals surface area contributed by atoms with Crippen LogP contribution in [0.5, 0.6) is 0 Å². The molecule has 37 heavy (non-hydrogen) atoms. The average Bonchev–Trinajstić information content (AvgIpc) is 3.36. The van der Waals surface area contributed by atoms with Crippen molar-refractivity contribution in [2.45, 2.75) is 52.4 Å². The summed E-state index contributed by atoms with van der Waals surface area (Å²) >= 11 is 0. The summed E-state index contributed by atoms with van der Waals surface area (Å²) in [6, 6.07) is 27.9. The van der Waals surface area contributed by atoms with Crippen molar-refractivity contribution in [2.24, 2.45) is 0 Å². The van der Waals surface area contributed by atoms with Gasteiger partial charge in [0.25, 0.3) is 0 Å². The van der Waals surface area contributed by atoms with Gasteiger partial charge in [-0.25, -0.2) is 9.78 Å². The Morgan fingerprint density at radius 3 is 2.05 bits per heavy atom. The van der Waals surface area contributed by atoms with Gasteiger partial charge in [0.2, 0.25) is 0 Å². The van der Waals surface area contributed by atoms with Gasteiger partial charge in [0, 0.05) is 23.6 Å². The first-order chi connectivity index (χ1) is 17.6.